The van der Waals surface area contributed by atoms with E-state index in [0.29, 0.717) is 0 Å². The van der Waals surface area contributed by atoms with Gasteiger partial charge in [0.15, 0.2) is 0 Å². The standard InChI is InChI=1S/C17H25N/c1-2-6-14(7-3-1)16-8-4-5-9-17(16)15-10-12-18-13-11-15/h4-5,8-9,14-15,18H,1-3,6-7,10-13H2. The van der Waals surface area contributed by atoms with Gasteiger partial charge in [-0.2, -0.15) is 0 Å². The van der Waals surface area contributed by atoms with Crippen LogP contribution in [0.1, 0.15) is 67.9 Å². The van der Waals surface area contributed by atoms with Gasteiger partial charge >= 0.3 is 0 Å². The van der Waals surface area contributed by atoms with Crippen LogP contribution in [0.3, 0.4) is 0 Å². The van der Waals surface area contributed by atoms with Crippen LogP contribution in [0, 0.1) is 0 Å². The highest BCUT2D eigenvalue weighted by Gasteiger charge is 2.23. The van der Waals surface area contributed by atoms with Crippen molar-refractivity contribution in [1.82, 2.24) is 5.32 Å². The summed E-state index contributed by atoms with van der Waals surface area (Å²) < 4.78 is 0. The molecule has 1 aromatic rings. The lowest BCUT2D eigenvalue weighted by Crippen LogP contribution is -2.27. The molecule has 1 N–H and O–H groups in total. The Morgan fingerprint density at radius 3 is 1.89 bits per heavy atom. The molecule has 1 heterocycles. The smallest absolute Gasteiger partial charge is 0.00431 e. The third-order valence-electron chi connectivity index (χ3n) is 4.82. The van der Waals surface area contributed by atoms with E-state index >= 15 is 0 Å². The van der Waals surface area contributed by atoms with Crippen LogP contribution in [0.4, 0.5) is 0 Å². The first-order valence-electron chi connectivity index (χ1n) is 7.74. The average Bonchev–Trinajstić information content (AvgIpc) is 2.49. The summed E-state index contributed by atoms with van der Waals surface area (Å²) in [5.74, 6) is 1.66. The monoisotopic (exact) mass is 243 g/mol. The molecule has 1 aliphatic heterocycles. The van der Waals surface area contributed by atoms with Crippen LogP contribution in [0.25, 0.3) is 0 Å². The minimum Gasteiger partial charge on any atom is -0.317 e. The molecule has 0 amide bonds. The van der Waals surface area contributed by atoms with Gasteiger partial charge in [-0.3, -0.25) is 0 Å². The van der Waals surface area contributed by atoms with Crippen LogP contribution in [0.5, 0.6) is 0 Å². The van der Waals surface area contributed by atoms with Crippen LogP contribution in [0.15, 0.2) is 24.3 Å². The van der Waals surface area contributed by atoms with E-state index in [0.717, 1.165) is 11.8 Å². The molecule has 0 spiro atoms. The fourth-order valence-corrected chi connectivity index (χ4v) is 3.80. The predicted molar refractivity (Wildman–Crippen MR) is 77.1 cm³/mol. The van der Waals surface area contributed by atoms with Crippen LogP contribution in [0.2, 0.25) is 0 Å². The molecule has 1 saturated heterocycles. The lowest BCUT2D eigenvalue weighted by molar-refractivity contribution is 0.426. The molecule has 3 rings (SSSR count). The van der Waals surface area contributed by atoms with Gasteiger partial charge in [0.05, 0.1) is 0 Å². The second-order valence-electron chi connectivity index (χ2n) is 5.99. The minimum atomic E-state index is 0.810. The molecule has 1 saturated carbocycles. The second-order valence-corrected chi connectivity index (χ2v) is 5.99. The van der Waals surface area contributed by atoms with Gasteiger partial charge in [-0.15, -0.1) is 0 Å². The van der Waals surface area contributed by atoms with Crippen molar-refractivity contribution in [2.75, 3.05) is 13.1 Å². The molecular formula is C17H25N. The van der Waals surface area contributed by atoms with E-state index in [9.17, 15) is 0 Å². The number of hydrogen-bond donors (Lipinski definition) is 1. The van der Waals surface area contributed by atoms with E-state index in [1.54, 1.807) is 11.1 Å². The van der Waals surface area contributed by atoms with Crippen LogP contribution >= 0.6 is 0 Å². The first-order chi connectivity index (χ1) is 8.95. The summed E-state index contributed by atoms with van der Waals surface area (Å²) in [5.41, 5.74) is 3.36. The lowest BCUT2D eigenvalue weighted by Gasteiger charge is -2.29. The van der Waals surface area contributed by atoms with Gasteiger partial charge in [0.1, 0.15) is 0 Å². The van der Waals surface area contributed by atoms with Crippen molar-refractivity contribution >= 4 is 0 Å². The molecule has 18 heavy (non-hydrogen) atoms. The Kier molecular flexibility index (Phi) is 3.99. The molecule has 0 radical (unpaired) electrons. The molecule has 1 heteroatoms. The molecule has 0 unspecified atom stereocenters. The second kappa shape index (κ2) is 5.88. The Hall–Kier alpha value is -0.820. The molecule has 0 bridgehead atoms. The maximum Gasteiger partial charge on any atom is -0.00431 e. The molecular weight excluding hydrogens is 218 g/mol. The molecule has 98 valence electrons. The first-order valence-corrected chi connectivity index (χ1v) is 7.74. The fourth-order valence-electron chi connectivity index (χ4n) is 3.80. The highest BCUT2D eigenvalue weighted by atomic mass is 14.9. The van der Waals surface area contributed by atoms with Gasteiger partial charge in [-0.05, 0) is 61.7 Å². The molecule has 1 nitrogen and oxygen atoms in total. The van der Waals surface area contributed by atoms with Crippen molar-refractivity contribution in [3.05, 3.63) is 35.4 Å². The van der Waals surface area contributed by atoms with Crippen molar-refractivity contribution in [3.63, 3.8) is 0 Å². The number of piperidine rings is 1. The number of hydrogen-bond acceptors (Lipinski definition) is 1. The van der Waals surface area contributed by atoms with Gasteiger partial charge in [-0.25, -0.2) is 0 Å². The van der Waals surface area contributed by atoms with Crippen LogP contribution < -0.4 is 5.32 Å². The minimum absolute atomic E-state index is 0.810. The Morgan fingerprint density at radius 2 is 1.28 bits per heavy atom. The summed E-state index contributed by atoms with van der Waals surface area (Å²) in [6.45, 7) is 2.40. The van der Waals surface area contributed by atoms with Crippen molar-refractivity contribution in [2.24, 2.45) is 0 Å². The topological polar surface area (TPSA) is 12.0 Å². The van der Waals surface area contributed by atoms with Gasteiger partial charge in [0.25, 0.3) is 0 Å². The average molecular weight is 243 g/mol. The zero-order valence-corrected chi connectivity index (χ0v) is 11.3. The first kappa shape index (κ1) is 12.2. The largest absolute Gasteiger partial charge is 0.317 e. The quantitative estimate of drug-likeness (QED) is 0.821. The molecule has 2 aliphatic rings. The number of nitrogens with one attached hydrogen (secondary N) is 1. The molecule has 1 aromatic carbocycles. The number of benzene rings is 1. The Morgan fingerprint density at radius 1 is 0.722 bits per heavy atom. The summed E-state index contributed by atoms with van der Waals surface area (Å²) in [6, 6.07) is 9.30. The third kappa shape index (κ3) is 2.61. The Bertz CT molecular complexity index is 336. The fraction of sp³-hybridized carbons (Fsp3) is 0.647. The molecule has 1 aliphatic carbocycles. The van der Waals surface area contributed by atoms with Gasteiger partial charge in [0.2, 0.25) is 0 Å². The highest BCUT2D eigenvalue weighted by Crippen LogP contribution is 2.38. The van der Waals surface area contributed by atoms with Crippen molar-refractivity contribution in [2.45, 2.75) is 56.8 Å². The van der Waals surface area contributed by atoms with Crippen molar-refractivity contribution in [1.29, 1.82) is 0 Å². The van der Waals surface area contributed by atoms with Crippen molar-refractivity contribution in [3.8, 4) is 0 Å². The SMILES string of the molecule is c1ccc(C2CCNCC2)c(C2CCCCC2)c1. The van der Waals surface area contributed by atoms with Gasteiger partial charge in [-0.1, -0.05) is 43.5 Å². The summed E-state index contributed by atoms with van der Waals surface area (Å²) in [5, 5.41) is 3.48. The molecule has 0 aromatic heterocycles. The van der Waals surface area contributed by atoms with Crippen LogP contribution in [-0.2, 0) is 0 Å². The summed E-state index contributed by atoms with van der Waals surface area (Å²) in [4.78, 5) is 0. The van der Waals surface area contributed by atoms with E-state index in [1.165, 1.54) is 58.0 Å². The summed E-state index contributed by atoms with van der Waals surface area (Å²) in [6.07, 6.45) is 9.81. The Balaban J connectivity index is 1.83. The number of rotatable bonds is 2. The van der Waals surface area contributed by atoms with E-state index in [4.69, 9.17) is 0 Å². The van der Waals surface area contributed by atoms with E-state index < -0.39 is 0 Å². The van der Waals surface area contributed by atoms with Crippen LogP contribution in [-0.4, -0.2) is 13.1 Å². The maximum atomic E-state index is 3.48. The normalized spacial score (nSPS) is 23.1. The Labute approximate surface area is 111 Å². The zero-order chi connectivity index (χ0) is 12.2. The molecule has 0 atom stereocenters. The van der Waals surface area contributed by atoms with E-state index in [1.807, 2.05) is 0 Å². The molecule has 2 fully saturated rings. The third-order valence-corrected chi connectivity index (χ3v) is 4.82. The highest BCUT2D eigenvalue weighted by molar-refractivity contribution is 5.34. The van der Waals surface area contributed by atoms with E-state index in [-0.39, 0.29) is 0 Å². The summed E-state index contributed by atoms with van der Waals surface area (Å²) in [7, 11) is 0. The van der Waals surface area contributed by atoms with Gasteiger partial charge in [0, 0.05) is 0 Å². The van der Waals surface area contributed by atoms with E-state index in [2.05, 4.69) is 29.6 Å². The maximum absolute atomic E-state index is 3.48. The predicted octanol–water partition coefficient (Wildman–Crippen LogP) is 4.20. The zero-order valence-electron chi connectivity index (χ0n) is 11.3. The van der Waals surface area contributed by atoms with Gasteiger partial charge < -0.3 is 5.32 Å². The lowest BCUT2D eigenvalue weighted by atomic mass is 9.78. The van der Waals surface area contributed by atoms with Crippen molar-refractivity contribution < 1.29 is 0 Å². The summed E-state index contributed by atoms with van der Waals surface area (Å²) >= 11 is 0.